The molecule has 1 aliphatic rings. The summed E-state index contributed by atoms with van der Waals surface area (Å²) in [7, 11) is 5.69. The number of para-hydroxylation sites is 2. The number of hydrogen-bond donors (Lipinski definition) is 1. The van der Waals surface area contributed by atoms with E-state index in [9.17, 15) is 4.79 Å². The van der Waals surface area contributed by atoms with Crippen molar-refractivity contribution >= 4 is 17.3 Å². The highest BCUT2D eigenvalue weighted by Gasteiger charge is 2.19. The van der Waals surface area contributed by atoms with Gasteiger partial charge in [0.05, 0.1) is 12.8 Å². The van der Waals surface area contributed by atoms with Crippen molar-refractivity contribution in [2.75, 3.05) is 70.3 Å². The first-order chi connectivity index (χ1) is 13.6. The molecule has 1 heterocycles. The first-order valence-electron chi connectivity index (χ1n) is 9.74. The fourth-order valence-corrected chi connectivity index (χ4v) is 3.44. The molecule has 0 saturated carbocycles. The third-order valence-corrected chi connectivity index (χ3v) is 5.16. The normalized spacial score (nSPS) is 14.6. The lowest BCUT2D eigenvalue weighted by atomic mass is 10.2. The van der Waals surface area contributed by atoms with E-state index >= 15 is 0 Å². The average molecular weight is 383 g/mol. The Labute approximate surface area is 167 Å². The summed E-state index contributed by atoms with van der Waals surface area (Å²) in [6, 6.07) is 15.8. The highest BCUT2D eigenvalue weighted by molar-refractivity contribution is 5.94. The van der Waals surface area contributed by atoms with Gasteiger partial charge in [0.15, 0.2) is 0 Å². The predicted octanol–water partition coefficient (Wildman–Crippen LogP) is 2.31. The van der Waals surface area contributed by atoms with E-state index < -0.39 is 0 Å². The highest BCUT2D eigenvalue weighted by Crippen LogP contribution is 2.28. The summed E-state index contributed by atoms with van der Waals surface area (Å²) in [5, 5.41) is 3.03. The number of carbonyl (C=O) groups is 1. The van der Waals surface area contributed by atoms with Gasteiger partial charge in [0, 0.05) is 64.6 Å². The van der Waals surface area contributed by atoms with E-state index in [0.717, 1.165) is 49.8 Å². The van der Waals surface area contributed by atoms with Crippen LogP contribution in [-0.4, -0.2) is 71.3 Å². The molecule has 28 heavy (non-hydrogen) atoms. The van der Waals surface area contributed by atoms with Crippen LogP contribution in [0.15, 0.2) is 48.5 Å². The number of amides is 1. The van der Waals surface area contributed by atoms with Crippen LogP contribution in [0.25, 0.3) is 0 Å². The molecule has 0 radical (unpaired) electrons. The molecule has 6 heteroatoms. The topological polar surface area (TPSA) is 48.1 Å². The van der Waals surface area contributed by atoms with Crippen molar-refractivity contribution in [3.63, 3.8) is 0 Å². The van der Waals surface area contributed by atoms with Crippen molar-refractivity contribution < 1.29 is 9.53 Å². The minimum absolute atomic E-state index is 0.0158. The second kappa shape index (κ2) is 9.46. The molecule has 1 N–H and O–H groups in total. The number of nitrogens with zero attached hydrogens (tertiary/aromatic N) is 3. The molecule has 1 saturated heterocycles. The van der Waals surface area contributed by atoms with E-state index in [1.807, 2.05) is 61.5 Å². The molecule has 3 rings (SSSR count). The van der Waals surface area contributed by atoms with Gasteiger partial charge in [-0.15, -0.1) is 0 Å². The van der Waals surface area contributed by atoms with Gasteiger partial charge in [-0.05, 0) is 36.4 Å². The molecule has 6 nitrogen and oxygen atoms in total. The monoisotopic (exact) mass is 382 g/mol. The maximum absolute atomic E-state index is 12.3. The van der Waals surface area contributed by atoms with Crippen molar-refractivity contribution in [3.05, 3.63) is 54.1 Å². The number of methoxy groups -OCH3 is 1. The standard InChI is InChI=1S/C22H30N4O2/c1-24(2)19-10-8-18(9-11-19)22(27)23-12-13-25-14-16-26(17-15-25)20-6-4-5-7-21(20)28-3/h4-11H,12-17H2,1-3H3,(H,23,27). The van der Waals surface area contributed by atoms with E-state index in [2.05, 4.69) is 21.2 Å². The summed E-state index contributed by atoms with van der Waals surface area (Å²) in [5.74, 6) is 0.904. The van der Waals surface area contributed by atoms with Gasteiger partial charge >= 0.3 is 0 Å². The van der Waals surface area contributed by atoms with Crippen LogP contribution in [0.2, 0.25) is 0 Å². The average Bonchev–Trinajstić information content (AvgIpc) is 2.74. The Morgan fingerprint density at radius 1 is 1.04 bits per heavy atom. The summed E-state index contributed by atoms with van der Waals surface area (Å²) >= 11 is 0. The molecule has 1 fully saturated rings. The number of ether oxygens (including phenoxy) is 1. The third-order valence-electron chi connectivity index (χ3n) is 5.16. The zero-order valence-electron chi connectivity index (χ0n) is 17.0. The van der Waals surface area contributed by atoms with Gasteiger partial charge in [-0.3, -0.25) is 9.69 Å². The Morgan fingerprint density at radius 2 is 1.71 bits per heavy atom. The van der Waals surface area contributed by atoms with E-state index in [1.54, 1.807) is 7.11 Å². The van der Waals surface area contributed by atoms with Crippen LogP contribution >= 0.6 is 0 Å². The minimum atomic E-state index is -0.0158. The predicted molar refractivity (Wildman–Crippen MR) is 115 cm³/mol. The smallest absolute Gasteiger partial charge is 0.251 e. The van der Waals surface area contributed by atoms with Crippen molar-refractivity contribution in [2.45, 2.75) is 0 Å². The van der Waals surface area contributed by atoms with Gasteiger partial charge in [0.2, 0.25) is 0 Å². The maximum Gasteiger partial charge on any atom is 0.251 e. The zero-order valence-corrected chi connectivity index (χ0v) is 17.0. The van der Waals surface area contributed by atoms with Crippen LogP contribution in [0.5, 0.6) is 5.75 Å². The van der Waals surface area contributed by atoms with Crippen molar-refractivity contribution in [1.82, 2.24) is 10.2 Å². The molecule has 0 atom stereocenters. The molecular weight excluding hydrogens is 352 g/mol. The fraction of sp³-hybridized carbons (Fsp3) is 0.409. The van der Waals surface area contributed by atoms with Crippen LogP contribution in [0.4, 0.5) is 11.4 Å². The second-order valence-electron chi connectivity index (χ2n) is 7.20. The summed E-state index contributed by atoms with van der Waals surface area (Å²) in [6.45, 7) is 5.39. The summed E-state index contributed by atoms with van der Waals surface area (Å²) < 4.78 is 5.47. The molecule has 2 aromatic rings. The lowest BCUT2D eigenvalue weighted by molar-refractivity contribution is 0.0948. The molecular formula is C22H30N4O2. The minimum Gasteiger partial charge on any atom is -0.495 e. The maximum atomic E-state index is 12.3. The highest BCUT2D eigenvalue weighted by atomic mass is 16.5. The van der Waals surface area contributed by atoms with E-state index in [0.29, 0.717) is 12.1 Å². The van der Waals surface area contributed by atoms with Gasteiger partial charge in [0.25, 0.3) is 5.91 Å². The summed E-state index contributed by atoms with van der Waals surface area (Å²) in [6.07, 6.45) is 0. The quantitative estimate of drug-likeness (QED) is 0.796. The first kappa shape index (κ1) is 20.0. The zero-order chi connectivity index (χ0) is 19.9. The van der Waals surface area contributed by atoms with Crippen LogP contribution in [-0.2, 0) is 0 Å². The van der Waals surface area contributed by atoms with Crippen molar-refractivity contribution in [1.29, 1.82) is 0 Å². The molecule has 0 aromatic heterocycles. The van der Waals surface area contributed by atoms with E-state index in [1.165, 1.54) is 0 Å². The molecule has 0 aliphatic carbocycles. The number of hydrogen-bond acceptors (Lipinski definition) is 5. The number of nitrogens with one attached hydrogen (secondary N) is 1. The molecule has 0 unspecified atom stereocenters. The SMILES string of the molecule is COc1ccccc1N1CCN(CCNC(=O)c2ccc(N(C)C)cc2)CC1. The Balaban J connectivity index is 1.42. The second-order valence-corrected chi connectivity index (χ2v) is 7.20. The van der Waals surface area contributed by atoms with Crippen LogP contribution in [0.3, 0.4) is 0 Å². The molecule has 0 spiro atoms. The lowest BCUT2D eigenvalue weighted by Gasteiger charge is -2.36. The number of carbonyl (C=O) groups excluding carboxylic acids is 1. The van der Waals surface area contributed by atoms with E-state index in [4.69, 9.17) is 4.74 Å². The summed E-state index contributed by atoms with van der Waals surface area (Å²) in [4.78, 5) is 19.1. The Bertz CT molecular complexity index is 768. The van der Waals surface area contributed by atoms with Gasteiger partial charge in [0.1, 0.15) is 5.75 Å². The summed E-state index contributed by atoms with van der Waals surface area (Å²) in [5.41, 5.74) is 2.94. The molecule has 1 amide bonds. The van der Waals surface area contributed by atoms with Crippen LogP contribution in [0, 0.1) is 0 Å². The van der Waals surface area contributed by atoms with Crippen molar-refractivity contribution in [2.24, 2.45) is 0 Å². The van der Waals surface area contributed by atoms with Gasteiger partial charge in [-0.2, -0.15) is 0 Å². The Morgan fingerprint density at radius 3 is 2.36 bits per heavy atom. The van der Waals surface area contributed by atoms with Crippen LogP contribution < -0.4 is 19.9 Å². The Hall–Kier alpha value is -2.73. The lowest BCUT2D eigenvalue weighted by Crippen LogP contribution is -2.48. The number of piperazine rings is 1. The van der Waals surface area contributed by atoms with Gasteiger partial charge < -0.3 is 19.9 Å². The van der Waals surface area contributed by atoms with Crippen LogP contribution in [0.1, 0.15) is 10.4 Å². The van der Waals surface area contributed by atoms with Gasteiger partial charge in [-0.1, -0.05) is 12.1 Å². The van der Waals surface area contributed by atoms with Gasteiger partial charge in [-0.25, -0.2) is 0 Å². The first-order valence-corrected chi connectivity index (χ1v) is 9.74. The van der Waals surface area contributed by atoms with Crippen molar-refractivity contribution in [3.8, 4) is 5.75 Å². The third kappa shape index (κ3) is 4.95. The molecule has 150 valence electrons. The number of rotatable bonds is 7. The molecule has 2 aromatic carbocycles. The molecule has 1 aliphatic heterocycles. The number of anilines is 2. The largest absolute Gasteiger partial charge is 0.495 e. The molecule has 0 bridgehead atoms. The fourth-order valence-electron chi connectivity index (χ4n) is 3.44. The Kier molecular flexibility index (Phi) is 6.76. The van der Waals surface area contributed by atoms with E-state index in [-0.39, 0.29) is 5.91 Å². The number of benzene rings is 2.